The van der Waals surface area contributed by atoms with Crippen LogP contribution in [0.1, 0.15) is 17.0 Å². The quantitative estimate of drug-likeness (QED) is 0.232. The Balaban J connectivity index is 1.81. The topological polar surface area (TPSA) is 159 Å². The Morgan fingerprint density at radius 1 is 1.18 bits per heavy atom. The van der Waals surface area contributed by atoms with Crippen LogP contribution in [0.3, 0.4) is 0 Å². The second-order valence-electron chi connectivity index (χ2n) is 6.61. The molecule has 11 nitrogen and oxygen atoms in total. The van der Waals surface area contributed by atoms with E-state index in [0.29, 0.717) is 23.6 Å². The number of carbonyl (C=O) groups excluding carboxylic acids is 1. The van der Waals surface area contributed by atoms with E-state index in [9.17, 15) is 13.2 Å². The lowest BCUT2D eigenvalue weighted by Crippen LogP contribution is -2.25. The van der Waals surface area contributed by atoms with Crippen LogP contribution >= 0.6 is 11.3 Å². The molecule has 3 rings (SSSR count). The maximum Gasteiger partial charge on any atom is 0.279 e. The second-order valence-corrected chi connectivity index (χ2v) is 9.70. The van der Waals surface area contributed by atoms with Crippen molar-refractivity contribution in [3.8, 4) is 0 Å². The fourth-order valence-corrected chi connectivity index (χ4v) is 4.42. The molecule has 174 valence electrons. The summed E-state index contributed by atoms with van der Waals surface area (Å²) >= 11 is 1.38. The van der Waals surface area contributed by atoms with Crippen LogP contribution in [0.4, 0.5) is 11.6 Å². The highest BCUT2D eigenvalue weighted by Gasteiger charge is 2.19. The Morgan fingerprint density at radius 2 is 1.97 bits per heavy atom. The number of aromatic nitrogens is 3. The number of hydrogen-bond acceptors (Lipinski definition) is 11. The van der Waals surface area contributed by atoms with Gasteiger partial charge in [-0.1, -0.05) is 17.3 Å². The minimum Gasteiger partial charge on any atom is -0.388 e. The van der Waals surface area contributed by atoms with E-state index in [-0.39, 0.29) is 34.6 Å². The summed E-state index contributed by atoms with van der Waals surface area (Å²) in [7, 11) is -1.97. The number of hydrogen-bond donors (Lipinski definition) is 2. The summed E-state index contributed by atoms with van der Waals surface area (Å²) < 4.78 is 29.9. The van der Waals surface area contributed by atoms with Crippen molar-refractivity contribution in [3.63, 3.8) is 0 Å². The van der Waals surface area contributed by atoms with Gasteiger partial charge in [0.15, 0.2) is 28.0 Å². The molecule has 2 aromatic heterocycles. The van der Waals surface area contributed by atoms with Crippen molar-refractivity contribution in [1.29, 1.82) is 0 Å². The number of thiazole rings is 1. The van der Waals surface area contributed by atoms with Gasteiger partial charge in [0.2, 0.25) is 0 Å². The van der Waals surface area contributed by atoms with E-state index in [1.165, 1.54) is 55.1 Å². The first-order chi connectivity index (χ1) is 15.9. The van der Waals surface area contributed by atoms with Crippen LogP contribution in [0, 0.1) is 0 Å². The number of ether oxygens (including phenoxy) is 1. The summed E-state index contributed by atoms with van der Waals surface area (Å²) in [5.74, 6) is -0.298. The Kier molecular flexibility index (Phi) is 8.40. The number of oxime groups is 1. The molecule has 0 aliphatic carbocycles. The van der Waals surface area contributed by atoms with Gasteiger partial charge in [0.05, 0.1) is 23.0 Å². The molecule has 0 atom stereocenters. The van der Waals surface area contributed by atoms with Crippen LogP contribution in [-0.2, 0) is 30.8 Å². The monoisotopic (exact) mass is 490 g/mol. The van der Waals surface area contributed by atoms with Gasteiger partial charge in [-0.3, -0.25) is 4.79 Å². The van der Waals surface area contributed by atoms with Crippen LogP contribution in [0.25, 0.3) is 0 Å². The molecule has 0 saturated heterocycles. The number of nitrogen functional groups attached to an aromatic ring is 1. The van der Waals surface area contributed by atoms with Crippen LogP contribution in [0.2, 0.25) is 0 Å². The SMILES string of the molecule is COCCCS(=O)(=O)c1ccc(/C(=N\OCc2nccs2)C(=O)Nc2cnc(N)cn2)cc1. The Bertz CT molecular complexity index is 1180. The summed E-state index contributed by atoms with van der Waals surface area (Å²) in [6, 6.07) is 5.82. The van der Waals surface area contributed by atoms with Gasteiger partial charge >= 0.3 is 0 Å². The van der Waals surface area contributed by atoms with Gasteiger partial charge in [-0.25, -0.2) is 23.4 Å². The van der Waals surface area contributed by atoms with Crippen LogP contribution in [0.5, 0.6) is 0 Å². The average molecular weight is 491 g/mol. The summed E-state index contributed by atoms with van der Waals surface area (Å²) in [5.41, 5.74) is 5.79. The third-order valence-corrected chi connectivity index (χ3v) is 6.77. The average Bonchev–Trinajstić information content (AvgIpc) is 3.32. The van der Waals surface area contributed by atoms with E-state index in [1.54, 1.807) is 11.6 Å². The molecule has 0 unspecified atom stereocenters. The van der Waals surface area contributed by atoms with Crippen LogP contribution in [-0.4, -0.2) is 54.5 Å². The number of nitrogens with zero attached hydrogens (tertiary/aromatic N) is 4. The van der Waals surface area contributed by atoms with Crippen LogP contribution < -0.4 is 11.1 Å². The van der Waals surface area contributed by atoms with Gasteiger partial charge in [-0.2, -0.15) is 0 Å². The first-order valence-corrected chi connectivity index (χ1v) is 12.2. The molecule has 2 heterocycles. The van der Waals surface area contributed by atoms with Gasteiger partial charge in [0.25, 0.3) is 5.91 Å². The van der Waals surface area contributed by atoms with Crippen molar-refractivity contribution in [1.82, 2.24) is 15.0 Å². The van der Waals surface area contributed by atoms with E-state index in [2.05, 4.69) is 25.4 Å². The maximum atomic E-state index is 12.9. The summed E-state index contributed by atoms with van der Waals surface area (Å²) in [6.45, 7) is 0.418. The highest BCUT2D eigenvalue weighted by molar-refractivity contribution is 7.91. The highest BCUT2D eigenvalue weighted by atomic mass is 32.2. The Morgan fingerprint density at radius 3 is 2.61 bits per heavy atom. The van der Waals surface area contributed by atoms with Crippen molar-refractivity contribution in [2.45, 2.75) is 17.9 Å². The number of nitrogens with one attached hydrogen (secondary N) is 1. The summed E-state index contributed by atoms with van der Waals surface area (Å²) in [4.78, 5) is 30.3. The number of benzene rings is 1. The molecule has 33 heavy (non-hydrogen) atoms. The first kappa shape index (κ1) is 24.2. The Labute approximate surface area is 194 Å². The van der Waals surface area contributed by atoms with Gasteiger partial charge < -0.3 is 20.6 Å². The number of methoxy groups -OCH3 is 1. The molecule has 0 radical (unpaired) electrons. The standard InChI is InChI=1S/C20H22N6O5S2/c1-30-8-2-10-33(28,29)15-5-3-14(4-6-15)19(26-31-13-18-22-7-9-32-18)20(27)25-17-12-23-16(21)11-24-17/h3-7,9,11-12H,2,8,10,13H2,1H3,(H2,21,23)(H,24,25,27)/b26-19+. The molecule has 1 aromatic carbocycles. The van der Waals surface area contributed by atoms with Crippen molar-refractivity contribution in [2.24, 2.45) is 5.16 Å². The molecule has 13 heteroatoms. The minimum absolute atomic E-state index is 0.0473. The summed E-state index contributed by atoms with van der Waals surface area (Å²) in [6.07, 6.45) is 4.61. The number of carbonyl (C=O) groups is 1. The number of nitrogens with two attached hydrogens (primary N) is 1. The second kappa shape index (κ2) is 11.4. The molecule has 3 aromatic rings. The van der Waals surface area contributed by atoms with E-state index >= 15 is 0 Å². The van der Waals surface area contributed by atoms with Gasteiger partial charge in [-0.15, -0.1) is 11.3 Å². The smallest absolute Gasteiger partial charge is 0.279 e. The van der Waals surface area contributed by atoms with Gasteiger partial charge in [0, 0.05) is 30.9 Å². The maximum absolute atomic E-state index is 12.9. The molecule has 0 fully saturated rings. The lowest BCUT2D eigenvalue weighted by atomic mass is 10.1. The molecule has 1 amide bonds. The summed E-state index contributed by atoms with van der Waals surface area (Å²) in [5, 5.41) is 9.01. The van der Waals surface area contributed by atoms with Gasteiger partial charge in [-0.05, 0) is 18.6 Å². The molecular formula is C20H22N6O5S2. The van der Waals surface area contributed by atoms with Gasteiger partial charge in [0.1, 0.15) is 10.8 Å². The van der Waals surface area contributed by atoms with Crippen molar-refractivity contribution in [2.75, 3.05) is 30.5 Å². The predicted octanol–water partition coefficient (Wildman–Crippen LogP) is 1.89. The number of anilines is 2. The zero-order valence-corrected chi connectivity index (χ0v) is 19.3. The largest absolute Gasteiger partial charge is 0.388 e. The molecule has 0 aliphatic heterocycles. The highest BCUT2D eigenvalue weighted by Crippen LogP contribution is 2.16. The first-order valence-electron chi connectivity index (χ1n) is 9.68. The fourth-order valence-electron chi connectivity index (χ4n) is 2.61. The molecule has 3 N–H and O–H groups in total. The molecule has 0 saturated carbocycles. The van der Waals surface area contributed by atoms with E-state index < -0.39 is 15.7 Å². The molecular weight excluding hydrogens is 468 g/mol. The van der Waals surface area contributed by atoms with E-state index in [4.69, 9.17) is 15.3 Å². The fraction of sp³-hybridized carbons (Fsp3) is 0.250. The minimum atomic E-state index is -3.48. The van der Waals surface area contributed by atoms with E-state index in [1.807, 2.05) is 0 Å². The zero-order chi connectivity index (χ0) is 23.7. The molecule has 0 aliphatic rings. The lowest BCUT2D eigenvalue weighted by molar-refractivity contribution is -0.110. The molecule has 0 spiro atoms. The third-order valence-electron chi connectivity index (χ3n) is 4.20. The normalized spacial score (nSPS) is 11.8. The van der Waals surface area contributed by atoms with Crippen molar-refractivity contribution >= 4 is 44.4 Å². The number of sulfone groups is 1. The Hall–Kier alpha value is -3.42. The zero-order valence-electron chi connectivity index (χ0n) is 17.7. The van der Waals surface area contributed by atoms with Crippen molar-refractivity contribution < 1.29 is 22.8 Å². The predicted molar refractivity (Wildman–Crippen MR) is 124 cm³/mol. The molecule has 0 bridgehead atoms. The van der Waals surface area contributed by atoms with Crippen LogP contribution in [0.15, 0.2) is 58.3 Å². The third kappa shape index (κ3) is 7.03. The van der Waals surface area contributed by atoms with E-state index in [0.717, 1.165) is 0 Å². The number of amides is 1. The van der Waals surface area contributed by atoms with Crippen molar-refractivity contribution in [3.05, 3.63) is 58.8 Å². The lowest BCUT2D eigenvalue weighted by Gasteiger charge is -2.09. The number of rotatable bonds is 11.